The summed E-state index contributed by atoms with van der Waals surface area (Å²) in [6.07, 6.45) is 4.92. The molecular formula is C22H16Br2F2N6O4. The van der Waals surface area contributed by atoms with Crippen LogP contribution >= 0.6 is 31.9 Å². The molecule has 0 atom stereocenters. The quantitative estimate of drug-likeness (QED) is 0.222. The number of aromatic nitrogens is 4. The molecule has 0 aromatic carbocycles. The van der Waals surface area contributed by atoms with Crippen LogP contribution in [0.3, 0.4) is 0 Å². The van der Waals surface area contributed by atoms with Crippen molar-refractivity contribution >= 4 is 43.2 Å². The van der Waals surface area contributed by atoms with E-state index in [2.05, 4.69) is 51.8 Å². The van der Waals surface area contributed by atoms with E-state index in [1.54, 1.807) is 12.3 Å². The van der Waals surface area contributed by atoms with Gasteiger partial charge in [0.2, 0.25) is 11.8 Å². The van der Waals surface area contributed by atoms with Crippen LogP contribution in [0.15, 0.2) is 58.0 Å². The SMILES string of the molecule is COc1cc(-c2ncc(Br)cc2N)c(F)cn1.COc1cc(-c2ncc(Br)cc2[N+](=O)[O-])c(F)cn1. The summed E-state index contributed by atoms with van der Waals surface area (Å²) in [5, 5.41) is 11.0. The fraction of sp³-hybridized carbons (Fsp3) is 0.0909. The molecule has 186 valence electrons. The van der Waals surface area contributed by atoms with Crippen LogP contribution in [0.1, 0.15) is 0 Å². The average molecular weight is 626 g/mol. The minimum Gasteiger partial charge on any atom is -0.481 e. The van der Waals surface area contributed by atoms with Gasteiger partial charge in [-0.3, -0.25) is 15.1 Å². The minimum absolute atomic E-state index is 0.0361. The maximum Gasteiger partial charge on any atom is 0.296 e. The highest BCUT2D eigenvalue weighted by Gasteiger charge is 2.21. The van der Waals surface area contributed by atoms with Crippen LogP contribution in [0.2, 0.25) is 0 Å². The fourth-order valence-electron chi connectivity index (χ4n) is 2.88. The Morgan fingerprint density at radius 1 is 0.806 bits per heavy atom. The highest BCUT2D eigenvalue weighted by atomic mass is 79.9. The van der Waals surface area contributed by atoms with Crippen molar-refractivity contribution in [3.63, 3.8) is 0 Å². The maximum atomic E-state index is 13.7. The van der Waals surface area contributed by atoms with Gasteiger partial charge in [0.1, 0.15) is 0 Å². The van der Waals surface area contributed by atoms with Crippen molar-refractivity contribution in [1.29, 1.82) is 0 Å². The Morgan fingerprint density at radius 3 is 1.75 bits per heavy atom. The predicted octanol–water partition coefficient (Wildman–Crippen LogP) is 5.60. The van der Waals surface area contributed by atoms with Crippen molar-refractivity contribution in [3.8, 4) is 34.3 Å². The van der Waals surface area contributed by atoms with E-state index in [0.717, 1.165) is 16.9 Å². The van der Waals surface area contributed by atoms with E-state index in [1.807, 2.05) is 0 Å². The first kappa shape index (κ1) is 26.8. The Kier molecular flexibility index (Phi) is 8.77. The van der Waals surface area contributed by atoms with E-state index in [9.17, 15) is 18.9 Å². The third kappa shape index (κ3) is 6.26. The second kappa shape index (κ2) is 11.8. The number of nitro groups is 1. The van der Waals surface area contributed by atoms with Crippen molar-refractivity contribution in [1.82, 2.24) is 19.9 Å². The van der Waals surface area contributed by atoms with Crippen LogP contribution in [0.5, 0.6) is 11.8 Å². The summed E-state index contributed by atoms with van der Waals surface area (Å²) in [5.41, 5.74) is 6.39. The van der Waals surface area contributed by atoms with Gasteiger partial charge in [0.25, 0.3) is 5.69 Å². The van der Waals surface area contributed by atoms with E-state index in [-0.39, 0.29) is 28.4 Å². The van der Waals surface area contributed by atoms with Crippen LogP contribution in [0.4, 0.5) is 20.2 Å². The van der Waals surface area contributed by atoms with Crippen LogP contribution in [-0.2, 0) is 0 Å². The third-order valence-electron chi connectivity index (χ3n) is 4.50. The van der Waals surface area contributed by atoms with Crippen LogP contribution in [0, 0.1) is 21.7 Å². The Morgan fingerprint density at radius 2 is 1.28 bits per heavy atom. The molecule has 0 bridgehead atoms. The molecule has 36 heavy (non-hydrogen) atoms. The lowest BCUT2D eigenvalue weighted by Crippen LogP contribution is -1.98. The van der Waals surface area contributed by atoms with Crippen LogP contribution in [-0.4, -0.2) is 39.1 Å². The number of hydrogen-bond donors (Lipinski definition) is 1. The Labute approximate surface area is 220 Å². The van der Waals surface area contributed by atoms with Gasteiger partial charge >= 0.3 is 0 Å². The molecule has 0 amide bonds. The number of anilines is 1. The summed E-state index contributed by atoms with van der Waals surface area (Å²) < 4.78 is 38.4. The third-order valence-corrected chi connectivity index (χ3v) is 5.37. The van der Waals surface area contributed by atoms with Gasteiger partial charge in [-0.15, -0.1) is 0 Å². The molecule has 4 aromatic rings. The standard InChI is InChI=1S/C11H7BrFN3O3.C11H9BrFN3O/c1-19-10-3-7(8(13)5-14-10)11-9(16(17)18)2-6(12)4-15-11;1-17-10-3-7(8(13)5-15-10)11-9(14)2-6(12)4-16-11/h2-5H,1H3;2-5H,14H2,1H3. The van der Waals surface area contributed by atoms with Gasteiger partial charge < -0.3 is 15.2 Å². The molecule has 4 rings (SSSR count). The molecule has 0 spiro atoms. The van der Waals surface area contributed by atoms with Gasteiger partial charge in [-0.25, -0.2) is 23.7 Å². The number of ether oxygens (including phenoxy) is 2. The molecule has 0 saturated carbocycles. The molecule has 0 saturated heterocycles. The fourth-order valence-corrected chi connectivity index (χ4v) is 3.55. The van der Waals surface area contributed by atoms with Gasteiger partial charge in [-0.05, 0) is 37.9 Å². The number of halogens is 4. The lowest BCUT2D eigenvalue weighted by molar-refractivity contribution is -0.384. The lowest BCUT2D eigenvalue weighted by atomic mass is 10.1. The molecule has 0 unspecified atom stereocenters. The second-order valence-electron chi connectivity index (χ2n) is 6.78. The highest BCUT2D eigenvalue weighted by molar-refractivity contribution is 9.10. The van der Waals surface area contributed by atoms with Gasteiger partial charge in [0.05, 0.1) is 42.9 Å². The van der Waals surface area contributed by atoms with E-state index in [4.69, 9.17) is 15.2 Å². The predicted molar refractivity (Wildman–Crippen MR) is 134 cm³/mol. The summed E-state index contributed by atoms with van der Waals surface area (Å²) in [6, 6.07) is 5.64. The highest BCUT2D eigenvalue weighted by Crippen LogP contribution is 2.33. The second-order valence-corrected chi connectivity index (χ2v) is 8.61. The molecule has 2 N–H and O–H groups in total. The van der Waals surface area contributed by atoms with Crippen molar-refractivity contribution < 1.29 is 23.2 Å². The number of nitrogen functional groups attached to an aromatic ring is 1. The van der Waals surface area contributed by atoms with Gasteiger partial charge in [0.15, 0.2) is 17.3 Å². The van der Waals surface area contributed by atoms with Crippen molar-refractivity contribution in [3.05, 3.63) is 79.7 Å². The van der Waals surface area contributed by atoms with E-state index in [0.29, 0.717) is 21.7 Å². The molecule has 10 nitrogen and oxygen atoms in total. The summed E-state index contributed by atoms with van der Waals surface area (Å²) in [5.74, 6) is -0.744. The zero-order valence-electron chi connectivity index (χ0n) is 18.6. The molecule has 4 heterocycles. The topological polar surface area (TPSA) is 139 Å². The van der Waals surface area contributed by atoms with Gasteiger partial charge in [-0.1, -0.05) is 0 Å². The Bertz CT molecular complexity index is 1430. The van der Waals surface area contributed by atoms with Crippen molar-refractivity contribution in [2.75, 3.05) is 20.0 Å². The molecular weight excluding hydrogens is 610 g/mol. The molecule has 14 heteroatoms. The Balaban J connectivity index is 0.000000202. The maximum absolute atomic E-state index is 13.7. The first-order valence-corrected chi connectivity index (χ1v) is 11.3. The first-order chi connectivity index (χ1) is 17.1. The summed E-state index contributed by atoms with van der Waals surface area (Å²) in [7, 11) is 2.83. The normalized spacial score (nSPS) is 10.3. The van der Waals surface area contributed by atoms with E-state index >= 15 is 0 Å². The number of methoxy groups -OCH3 is 2. The number of pyridine rings is 4. The van der Waals surface area contributed by atoms with Crippen LogP contribution in [0.25, 0.3) is 22.5 Å². The average Bonchev–Trinajstić information content (AvgIpc) is 2.85. The lowest BCUT2D eigenvalue weighted by Gasteiger charge is -2.07. The molecule has 0 aliphatic rings. The van der Waals surface area contributed by atoms with Gasteiger partial charge in [-0.2, -0.15) is 0 Å². The smallest absolute Gasteiger partial charge is 0.296 e. The number of rotatable bonds is 5. The summed E-state index contributed by atoms with van der Waals surface area (Å²) in [6.45, 7) is 0. The summed E-state index contributed by atoms with van der Waals surface area (Å²) in [4.78, 5) is 25.8. The van der Waals surface area contributed by atoms with Gasteiger partial charge in [0, 0.05) is 50.7 Å². The minimum atomic E-state index is -0.710. The monoisotopic (exact) mass is 624 g/mol. The van der Waals surface area contributed by atoms with E-state index < -0.39 is 16.6 Å². The Hall–Kier alpha value is -3.78. The summed E-state index contributed by atoms with van der Waals surface area (Å²) >= 11 is 6.33. The van der Waals surface area contributed by atoms with Crippen molar-refractivity contribution in [2.24, 2.45) is 0 Å². The number of nitrogens with zero attached hydrogens (tertiary/aromatic N) is 5. The van der Waals surface area contributed by atoms with Crippen molar-refractivity contribution in [2.45, 2.75) is 0 Å². The molecule has 4 aromatic heterocycles. The zero-order chi connectivity index (χ0) is 26.4. The zero-order valence-corrected chi connectivity index (χ0v) is 21.7. The molecule has 0 radical (unpaired) electrons. The van der Waals surface area contributed by atoms with Crippen LogP contribution < -0.4 is 15.2 Å². The first-order valence-electron chi connectivity index (χ1n) is 9.75. The van der Waals surface area contributed by atoms with E-state index in [1.165, 1.54) is 38.6 Å². The molecule has 0 aliphatic heterocycles. The molecule has 0 fully saturated rings. The number of nitrogens with two attached hydrogens (primary N) is 1. The number of hydrogen-bond acceptors (Lipinski definition) is 9. The largest absolute Gasteiger partial charge is 0.481 e. The molecule has 0 aliphatic carbocycles.